The molecule has 0 atom stereocenters. The van der Waals surface area contributed by atoms with Gasteiger partial charge in [-0.3, -0.25) is 9.48 Å². The van der Waals surface area contributed by atoms with Gasteiger partial charge in [0.15, 0.2) is 0 Å². The lowest BCUT2D eigenvalue weighted by atomic mass is 10.4. The third-order valence-corrected chi connectivity index (χ3v) is 4.06. The van der Waals surface area contributed by atoms with Crippen molar-refractivity contribution in [1.29, 1.82) is 0 Å². The van der Waals surface area contributed by atoms with Crippen LogP contribution in [0.3, 0.4) is 0 Å². The van der Waals surface area contributed by atoms with Crippen molar-refractivity contribution in [2.75, 3.05) is 6.54 Å². The zero-order valence-electron chi connectivity index (χ0n) is 10.2. The van der Waals surface area contributed by atoms with Crippen LogP contribution in [0.5, 0.6) is 0 Å². The summed E-state index contributed by atoms with van der Waals surface area (Å²) < 4.78 is 1.81. The van der Waals surface area contributed by atoms with Gasteiger partial charge in [0.2, 0.25) is 0 Å². The van der Waals surface area contributed by atoms with Gasteiger partial charge in [-0.1, -0.05) is 17.7 Å². The zero-order chi connectivity index (χ0) is 13.1. The molecule has 2 aromatic rings. The zero-order valence-corrected chi connectivity index (χ0v) is 11.8. The van der Waals surface area contributed by atoms with E-state index in [0.717, 1.165) is 16.3 Å². The maximum atomic E-state index is 11.7. The summed E-state index contributed by atoms with van der Waals surface area (Å²) in [7, 11) is 0. The van der Waals surface area contributed by atoms with Crippen LogP contribution in [0.2, 0.25) is 5.02 Å². The minimum atomic E-state index is -0.0439. The van der Waals surface area contributed by atoms with Crippen molar-refractivity contribution in [3.63, 3.8) is 0 Å². The lowest BCUT2D eigenvalue weighted by Crippen LogP contribution is -2.27. The quantitative estimate of drug-likeness (QED) is 0.938. The number of thiophene rings is 1. The summed E-state index contributed by atoms with van der Waals surface area (Å²) in [5.74, 6) is -0.0439. The minimum Gasteiger partial charge on any atom is -0.349 e. The predicted molar refractivity (Wildman–Crippen MR) is 73.4 cm³/mol. The molecule has 2 heterocycles. The molecule has 18 heavy (non-hydrogen) atoms. The summed E-state index contributed by atoms with van der Waals surface area (Å²) in [5.41, 5.74) is 1.75. The molecule has 0 spiro atoms. The standard InChI is InChI=1S/C12H14ClN3OS/c1-8-11(13)9(2)16(15-8)6-5-14-12(17)10-4-3-7-18-10/h3-4,7H,5-6H2,1-2H3,(H,14,17). The second-order valence-corrected chi connectivity index (χ2v) is 5.27. The van der Waals surface area contributed by atoms with Gasteiger partial charge in [-0.25, -0.2) is 0 Å². The Morgan fingerprint density at radius 2 is 2.33 bits per heavy atom. The Morgan fingerprint density at radius 3 is 2.89 bits per heavy atom. The Hall–Kier alpha value is -1.33. The van der Waals surface area contributed by atoms with E-state index in [1.54, 1.807) is 6.07 Å². The average molecular weight is 284 g/mol. The van der Waals surface area contributed by atoms with E-state index >= 15 is 0 Å². The summed E-state index contributed by atoms with van der Waals surface area (Å²) in [6.07, 6.45) is 0. The highest BCUT2D eigenvalue weighted by Gasteiger charge is 2.09. The van der Waals surface area contributed by atoms with Crippen LogP contribution in [0.15, 0.2) is 17.5 Å². The highest BCUT2D eigenvalue weighted by molar-refractivity contribution is 7.12. The first-order valence-electron chi connectivity index (χ1n) is 5.61. The van der Waals surface area contributed by atoms with Gasteiger partial charge in [0.25, 0.3) is 5.91 Å². The second kappa shape index (κ2) is 5.54. The molecule has 0 unspecified atom stereocenters. The number of amides is 1. The number of aromatic nitrogens is 2. The Labute approximate surface area is 115 Å². The van der Waals surface area contributed by atoms with Crippen molar-refractivity contribution in [3.05, 3.63) is 38.8 Å². The summed E-state index contributed by atoms with van der Waals surface area (Å²) in [4.78, 5) is 12.4. The molecule has 0 aliphatic heterocycles. The maximum Gasteiger partial charge on any atom is 0.261 e. The lowest BCUT2D eigenvalue weighted by molar-refractivity contribution is 0.0956. The van der Waals surface area contributed by atoms with E-state index in [1.165, 1.54) is 11.3 Å². The van der Waals surface area contributed by atoms with E-state index in [-0.39, 0.29) is 5.91 Å². The lowest BCUT2D eigenvalue weighted by Gasteiger charge is -2.05. The summed E-state index contributed by atoms with van der Waals surface area (Å²) >= 11 is 7.48. The summed E-state index contributed by atoms with van der Waals surface area (Å²) in [6, 6.07) is 3.67. The maximum absolute atomic E-state index is 11.7. The van der Waals surface area contributed by atoms with Crippen LogP contribution in [0.1, 0.15) is 21.1 Å². The van der Waals surface area contributed by atoms with Crippen LogP contribution in [0.4, 0.5) is 0 Å². The van der Waals surface area contributed by atoms with Gasteiger partial charge < -0.3 is 5.32 Å². The molecule has 1 amide bonds. The molecule has 0 radical (unpaired) electrons. The third kappa shape index (κ3) is 2.73. The molecule has 96 valence electrons. The number of hydrogen-bond acceptors (Lipinski definition) is 3. The number of rotatable bonds is 4. The van der Waals surface area contributed by atoms with E-state index in [4.69, 9.17) is 11.6 Å². The highest BCUT2D eigenvalue weighted by atomic mass is 35.5. The van der Waals surface area contributed by atoms with E-state index in [2.05, 4.69) is 10.4 Å². The van der Waals surface area contributed by atoms with Crippen molar-refractivity contribution < 1.29 is 4.79 Å². The van der Waals surface area contributed by atoms with E-state index in [0.29, 0.717) is 18.1 Å². The van der Waals surface area contributed by atoms with Crippen molar-refractivity contribution in [2.45, 2.75) is 20.4 Å². The fraction of sp³-hybridized carbons (Fsp3) is 0.333. The smallest absolute Gasteiger partial charge is 0.261 e. The first-order valence-corrected chi connectivity index (χ1v) is 6.86. The van der Waals surface area contributed by atoms with Crippen molar-refractivity contribution in [2.24, 2.45) is 0 Å². The molecule has 0 bridgehead atoms. The molecule has 6 heteroatoms. The highest BCUT2D eigenvalue weighted by Crippen LogP contribution is 2.18. The molecule has 0 saturated carbocycles. The minimum absolute atomic E-state index is 0.0439. The SMILES string of the molecule is Cc1nn(CCNC(=O)c2cccs2)c(C)c1Cl. The molecule has 2 rings (SSSR count). The van der Waals surface area contributed by atoms with E-state index in [1.807, 2.05) is 30.0 Å². The Kier molecular flexibility index (Phi) is 4.04. The molecule has 0 aliphatic carbocycles. The fourth-order valence-electron chi connectivity index (χ4n) is 1.66. The van der Waals surface area contributed by atoms with Crippen LogP contribution >= 0.6 is 22.9 Å². The largest absolute Gasteiger partial charge is 0.349 e. The number of carbonyl (C=O) groups is 1. The molecule has 4 nitrogen and oxygen atoms in total. The molecular weight excluding hydrogens is 270 g/mol. The average Bonchev–Trinajstić information content (AvgIpc) is 2.95. The van der Waals surface area contributed by atoms with Crippen molar-refractivity contribution in [3.8, 4) is 0 Å². The van der Waals surface area contributed by atoms with Crippen LogP contribution in [0.25, 0.3) is 0 Å². The molecule has 0 saturated heterocycles. The Balaban J connectivity index is 1.89. The summed E-state index contributed by atoms with van der Waals surface area (Å²) in [5, 5.41) is 9.74. The molecule has 2 aromatic heterocycles. The first-order chi connectivity index (χ1) is 8.59. The van der Waals surface area contributed by atoms with Crippen LogP contribution in [0, 0.1) is 13.8 Å². The van der Waals surface area contributed by atoms with Gasteiger partial charge in [-0.2, -0.15) is 5.10 Å². The topological polar surface area (TPSA) is 46.9 Å². The van der Waals surface area contributed by atoms with Crippen LogP contribution in [-0.2, 0) is 6.54 Å². The Bertz CT molecular complexity index is 548. The van der Waals surface area contributed by atoms with Gasteiger partial charge in [0.1, 0.15) is 0 Å². The number of carbonyl (C=O) groups excluding carboxylic acids is 1. The Morgan fingerprint density at radius 1 is 1.56 bits per heavy atom. The monoisotopic (exact) mass is 283 g/mol. The predicted octanol–water partition coefficient (Wildman–Crippen LogP) is 2.64. The van der Waals surface area contributed by atoms with Crippen LogP contribution in [-0.4, -0.2) is 22.2 Å². The van der Waals surface area contributed by atoms with Crippen molar-refractivity contribution in [1.82, 2.24) is 15.1 Å². The number of aryl methyl sites for hydroxylation is 1. The van der Waals surface area contributed by atoms with Gasteiger partial charge in [0, 0.05) is 6.54 Å². The fourth-order valence-corrected chi connectivity index (χ4v) is 2.44. The number of nitrogens with zero attached hydrogens (tertiary/aromatic N) is 2. The van der Waals surface area contributed by atoms with E-state index < -0.39 is 0 Å². The molecule has 0 aromatic carbocycles. The van der Waals surface area contributed by atoms with Gasteiger partial charge in [-0.05, 0) is 25.3 Å². The number of hydrogen-bond donors (Lipinski definition) is 1. The molecular formula is C12H14ClN3OS. The van der Waals surface area contributed by atoms with Gasteiger partial charge >= 0.3 is 0 Å². The van der Waals surface area contributed by atoms with Gasteiger partial charge in [-0.15, -0.1) is 11.3 Å². The number of halogens is 1. The third-order valence-electron chi connectivity index (χ3n) is 2.65. The molecule has 0 fully saturated rings. The molecule has 1 N–H and O–H groups in total. The van der Waals surface area contributed by atoms with Crippen LogP contribution < -0.4 is 5.32 Å². The number of nitrogens with one attached hydrogen (secondary N) is 1. The van der Waals surface area contributed by atoms with Gasteiger partial charge in [0.05, 0.1) is 27.8 Å². The summed E-state index contributed by atoms with van der Waals surface area (Å²) in [6.45, 7) is 4.95. The normalized spacial score (nSPS) is 10.6. The van der Waals surface area contributed by atoms with Crippen molar-refractivity contribution >= 4 is 28.8 Å². The molecule has 0 aliphatic rings. The first kappa shape index (κ1) is 13.1. The van der Waals surface area contributed by atoms with E-state index in [9.17, 15) is 4.79 Å². The second-order valence-electron chi connectivity index (χ2n) is 3.94.